The van der Waals surface area contributed by atoms with Gasteiger partial charge in [0.15, 0.2) is 6.10 Å². The minimum absolute atomic E-state index is 0.0289. The zero-order chi connectivity index (χ0) is 20.2. The molecule has 1 amide bonds. The number of aromatic nitrogens is 2. The Hall–Kier alpha value is -2.49. The number of carbonyl (C=O) groups excluding carboxylic acids is 2. The van der Waals surface area contributed by atoms with E-state index in [1.54, 1.807) is 10.7 Å². The van der Waals surface area contributed by atoms with E-state index in [9.17, 15) is 22.8 Å². The van der Waals surface area contributed by atoms with Gasteiger partial charge in [-0.15, -0.1) is 0 Å². The fraction of sp³-hybridized carbons (Fsp3) is 0.353. The summed E-state index contributed by atoms with van der Waals surface area (Å²) in [6, 6.07) is 6.41. The monoisotopic (exact) mass is 401 g/mol. The molecule has 10 heteroatoms. The SMILES string of the molecule is CC(C)n1nccc1NC(=O)[C@@H](C)OC(=O)c1ccc(SC(F)(F)F)cc1. The molecule has 0 radical (unpaired) electrons. The zero-order valence-corrected chi connectivity index (χ0v) is 15.6. The van der Waals surface area contributed by atoms with Crippen LogP contribution in [0.4, 0.5) is 19.0 Å². The highest BCUT2D eigenvalue weighted by Crippen LogP contribution is 2.36. The van der Waals surface area contributed by atoms with Gasteiger partial charge in [-0.3, -0.25) is 4.79 Å². The van der Waals surface area contributed by atoms with Gasteiger partial charge < -0.3 is 10.1 Å². The van der Waals surface area contributed by atoms with Gasteiger partial charge in [0, 0.05) is 17.0 Å². The highest BCUT2D eigenvalue weighted by atomic mass is 32.2. The molecule has 0 saturated carbocycles. The van der Waals surface area contributed by atoms with Crippen LogP contribution in [0.3, 0.4) is 0 Å². The molecule has 1 atom stereocenters. The number of nitrogens with one attached hydrogen (secondary N) is 1. The molecule has 0 fully saturated rings. The van der Waals surface area contributed by atoms with Gasteiger partial charge in [0.05, 0.1) is 11.8 Å². The molecule has 2 aromatic rings. The Labute approximate surface area is 158 Å². The predicted molar refractivity (Wildman–Crippen MR) is 94.5 cm³/mol. The maximum absolute atomic E-state index is 12.3. The number of hydrogen-bond acceptors (Lipinski definition) is 5. The van der Waals surface area contributed by atoms with E-state index in [2.05, 4.69) is 10.4 Å². The molecule has 27 heavy (non-hydrogen) atoms. The van der Waals surface area contributed by atoms with Gasteiger partial charge in [0.25, 0.3) is 5.91 Å². The summed E-state index contributed by atoms with van der Waals surface area (Å²) in [5.74, 6) is -0.889. The van der Waals surface area contributed by atoms with Gasteiger partial charge in [0.2, 0.25) is 0 Å². The normalized spacial score (nSPS) is 12.7. The lowest BCUT2D eigenvalue weighted by atomic mass is 10.2. The van der Waals surface area contributed by atoms with Crippen LogP contribution in [-0.2, 0) is 9.53 Å². The smallest absolute Gasteiger partial charge is 0.446 e. The second kappa shape index (κ2) is 8.47. The predicted octanol–water partition coefficient (Wildman–Crippen LogP) is 4.26. The summed E-state index contributed by atoms with van der Waals surface area (Å²) in [7, 11) is 0. The van der Waals surface area contributed by atoms with Crippen LogP contribution < -0.4 is 5.32 Å². The van der Waals surface area contributed by atoms with Crippen molar-refractivity contribution in [3.8, 4) is 0 Å². The second-order valence-electron chi connectivity index (χ2n) is 5.86. The third kappa shape index (κ3) is 6.02. The number of rotatable bonds is 6. The van der Waals surface area contributed by atoms with E-state index in [0.717, 1.165) is 0 Å². The molecule has 0 saturated heterocycles. The molecule has 1 aromatic carbocycles. The minimum Gasteiger partial charge on any atom is -0.449 e. The van der Waals surface area contributed by atoms with Crippen LogP contribution in [-0.4, -0.2) is 33.3 Å². The standard InChI is InChI=1S/C17H18F3N3O3S/c1-10(2)23-14(8-9-21-23)22-15(24)11(3)26-16(25)12-4-6-13(7-5-12)27-17(18,19)20/h4-11H,1-3H3,(H,22,24)/t11-/m1/s1. The summed E-state index contributed by atoms with van der Waals surface area (Å²) in [5, 5.41) is 6.70. The number of halogens is 3. The lowest BCUT2D eigenvalue weighted by Crippen LogP contribution is -2.31. The number of esters is 1. The van der Waals surface area contributed by atoms with E-state index in [4.69, 9.17) is 4.74 Å². The molecule has 0 unspecified atom stereocenters. The van der Waals surface area contributed by atoms with E-state index >= 15 is 0 Å². The number of nitrogens with zero attached hydrogens (tertiary/aromatic N) is 2. The third-order valence-electron chi connectivity index (χ3n) is 3.39. The van der Waals surface area contributed by atoms with Crippen LogP contribution in [0.25, 0.3) is 0 Å². The fourth-order valence-electron chi connectivity index (χ4n) is 2.13. The van der Waals surface area contributed by atoms with Crippen LogP contribution in [0.1, 0.15) is 37.2 Å². The number of alkyl halides is 3. The van der Waals surface area contributed by atoms with Gasteiger partial charge >= 0.3 is 11.5 Å². The third-order valence-corrected chi connectivity index (χ3v) is 4.13. The number of carbonyl (C=O) groups is 2. The maximum Gasteiger partial charge on any atom is 0.446 e. The first-order chi connectivity index (χ1) is 12.6. The van der Waals surface area contributed by atoms with Crippen molar-refractivity contribution in [1.29, 1.82) is 0 Å². The minimum atomic E-state index is -4.41. The zero-order valence-electron chi connectivity index (χ0n) is 14.8. The summed E-state index contributed by atoms with van der Waals surface area (Å²) in [5.41, 5.74) is -4.36. The molecule has 1 heterocycles. The number of anilines is 1. The van der Waals surface area contributed by atoms with Crippen molar-refractivity contribution in [3.63, 3.8) is 0 Å². The van der Waals surface area contributed by atoms with Crippen molar-refractivity contribution in [3.05, 3.63) is 42.1 Å². The maximum atomic E-state index is 12.3. The molecule has 1 N–H and O–H groups in total. The van der Waals surface area contributed by atoms with Crippen LogP contribution in [0.15, 0.2) is 41.4 Å². The highest BCUT2D eigenvalue weighted by Gasteiger charge is 2.29. The largest absolute Gasteiger partial charge is 0.449 e. The van der Waals surface area contributed by atoms with Gasteiger partial charge in [-0.2, -0.15) is 18.3 Å². The van der Waals surface area contributed by atoms with Crippen LogP contribution >= 0.6 is 11.8 Å². The molecule has 0 bridgehead atoms. The molecule has 0 aliphatic heterocycles. The van der Waals surface area contributed by atoms with Crippen LogP contribution in [0, 0.1) is 0 Å². The Kier molecular flexibility index (Phi) is 6.53. The summed E-state index contributed by atoms with van der Waals surface area (Å²) >= 11 is -0.279. The number of thioether (sulfide) groups is 1. The van der Waals surface area contributed by atoms with Crippen LogP contribution in [0.2, 0.25) is 0 Å². The van der Waals surface area contributed by atoms with E-state index in [1.807, 2.05) is 13.8 Å². The molecule has 146 valence electrons. The summed E-state index contributed by atoms with van der Waals surface area (Å²) < 4.78 is 43.6. The van der Waals surface area contributed by atoms with Crippen molar-refractivity contribution in [2.24, 2.45) is 0 Å². The molecule has 0 aliphatic rings. The molecule has 6 nitrogen and oxygen atoms in total. The lowest BCUT2D eigenvalue weighted by Gasteiger charge is -2.16. The average Bonchev–Trinajstić information content (AvgIpc) is 3.02. The Bertz CT molecular complexity index is 804. The number of hydrogen-bond donors (Lipinski definition) is 1. The average molecular weight is 401 g/mol. The summed E-state index contributed by atoms with van der Waals surface area (Å²) in [4.78, 5) is 24.2. The van der Waals surface area contributed by atoms with Gasteiger partial charge in [-0.25, -0.2) is 9.48 Å². The quantitative estimate of drug-likeness (QED) is 0.578. The first kappa shape index (κ1) is 20.8. The van der Waals surface area contributed by atoms with E-state index in [-0.39, 0.29) is 28.3 Å². The van der Waals surface area contributed by atoms with Crippen molar-refractivity contribution in [1.82, 2.24) is 9.78 Å². The van der Waals surface area contributed by atoms with E-state index in [1.165, 1.54) is 37.4 Å². The number of benzene rings is 1. The van der Waals surface area contributed by atoms with Crippen molar-refractivity contribution >= 4 is 29.5 Å². The van der Waals surface area contributed by atoms with Crippen molar-refractivity contribution in [2.45, 2.75) is 43.3 Å². The Morgan fingerprint density at radius 2 is 1.78 bits per heavy atom. The Morgan fingerprint density at radius 3 is 2.33 bits per heavy atom. The fourth-order valence-corrected chi connectivity index (χ4v) is 2.67. The Morgan fingerprint density at radius 1 is 1.15 bits per heavy atom. The molecule has 0 spiro atoms. The van der Waals surface area contributed by atoms with Crippen molar-refractivity contribution < 1.29 is 27.5 Å². The van der Waals surface area contributed by atoms with E-state index in [0.29, 0.717) is 5.82 Å². The first-order valence-electron chi connectivity index (χ1n) is 7.98. The van der Waals surface area contributed by atoms with Gasteiger partial charge in [-0.05, 0) is 56.8 Å². The molecule has 1 aromatic heterocycles. The van der Waals surface area contributed by atoms with Crippen molar-refractivity contribution in [2.75, 3.05) is 5.32 Å². The molecular weight excluding hydrogens is 383 g/mol. The van der Waals surface area contributed by atoms with E-state index < -0.39 is 23.5 Å². The van der Waals surface area contributed by atoms with Crippen LogP contribution in [0.5, 0.6) is 0 Å². The lowest BCUT2D eigenvalue weighted by molar-refractivity contribution is -0.123. The molecular formula is C17H18F3N3O3S. The topological polar surface area (TPSA) is 73.2 Å². The summed E-state index contributed by atoms with van der Waals surface area (Å²) in [6.45, 7) is 5.19. The Balaban J connectivity index is 1.96. The first-order valence-corrected chi connectivity index (χ1v) is 8.79. The van der Waals surface area contributed by atoms with Gasteiger partial charge in [-0.1, -0.05) is 0 Å². The summed E-state index contributed by atoms with van der Waals surface area (Å²) in [6.07, 6.45) is 0.435. The molecule has 0 aliphatic carbocycles. The highest BCUT2D eigenvalue weighted by molar-refractivity contribution is 8.00. The van der Waals surface area contributed by atoms with Gasteiger partial charge in [0.1, 0.15) is 5.82 Å². The number of ether oxygens (including phenoxy) is 1. The number of amides is 1. The second-order valence-corrected chi connectivity index (χ2v) is 7.00. The molecule has 2 rings (SSSR count).